The molecule has 16 heavy (non-hydrogen) atoms. The van der Waals surface area contributed by atoms with Crippen LogP contribution in [0, 0.1) is 12.3 Å². The van der Waals surface area contributed by atoms with E-state index in [4.69, 9.17) is 11.2 Å². The zero-order valence-electron chi connectivity index (χ0n) is 9.07. The van der Waals surface area contributed by atoms with Crippen molar-refractivity contribution < 1.29 is 4.74 Å². The number of benzene rings is 1. The van der Waals surface area contributed by atoms with E-state index in [0.717, 1.165) is 16.9 Å². The van der Waals surface area contributed by atoms with E-state index in [1.54, 1.807) is 11.3 Å². The Kier molecular flexibility index (Phi) is 3.28. The quantitative estimate of drug-likeness (QED) is 0.726. The number of terminal acetylenes is 1. The molecule has 1 aromatic carbocycles. The number of hydrogen-bond acceptors (Lipinski definition) is 2. The lowest BCUT2D eigenvalue weighted by Crippen LogP contribution is -1.94. The molecule has 2 rings (SSSR count). The van der Waals surface area contributed by atoms with Gasteiger partial charge in [-0.25, -0.2) is 0 Å². The van der Waals surface area contributed by atoms with Gasteiger partial charge in [0.25, 0.3) is 0 Å². The molecule has 0 saturated heterocycles. The summed E-state index contributed by atoms with van der Waals surface area (Å²) in [5.41, 5.74) is 3.15. The van der Waals surface area contributed by atoms with Crippen molar-refractivity contribution >= 4 is 11.3 Å². The van der Waals surface area contributed by atoms with Crippen LogP contribution in [0.4, 0.5) is 0 Å². The molecule has 2 aromatic rings. The fourth-order valence-corrected chi connectivity index (χ4v) is 2.20. The van der Waals surface area contributed by atoms with Crippen molar-refractivity contribution in [3.05, 3.63) is 40.6 Å². The van der Waals surface area contributed by atoms with Gasteiger partial charge in [0.05, 0.1) is 12.2 Å². The molecule has 1 aromatic heterocycles. The summed E-state index contributed by atoms with van der Waals surface area (Å²) in [7, 11) is 0. The van der Waals surface area contributed by atoms with Crippen LogP contribution in [0.1, 0.15) is 12.5 Å². The lowest BCUT2D eigenvalue weighted by Gasteiger charge is -2.07. The first-order chi connectivity index (χ1) is 7.85. The Hall–Kier alpha value is -1.72. The molecule has 0 N–H and O–H groups in total. The minimum atomic E-state index is 0.631. The van der Waals surface area contributed by atoms with E-state index >= 15 is 0 Å². The Morgan fingerprint density at radius 3 is 2.81 bits per heavy atom. The largest absolute Gasteiger partial charge is 0.493 e. The third kappa shape index (κ3) is 2.10. The van der Waals surface area contributed by atoms with Crippen LogP contribution in [0.15, 0.2) is 35.0 Å². The number of ether oxygens (including phenoxy) is 1. The Morgan fingerprint density at radius 2 is 2.19 bits per heavy atom. The van der Waals surface area contributed by atoms with Gasteiger partial charge < -0.3 is 4.74 Å². The first-order valence-electron chi connectivity index (χ1n) is 5.11. The van der Waals surface area contributed by atoms with Crippen molar-refractivity contribution in [2.75, 3.05) is 6.61 Å². The molecule has 1 heterocycles. The second kappa shape index (κ2) is 4.87. The average Bonchev–Trinajstić information content (AvgIpc) is 2.83. The highest BCUT2D eigenvalue weighted by atomic mass is 32.1. The topological polar surface area (TPSA) is 9.23 Å². The molecule has 0 unspecified atom stereocenters. The lowest BCUT2D eigenvalue weighted by atomic mass is 10.1. The van der Waals surface area contributed by atoms with Gasteiger partial charge in [-0.15, -0.1) is 6.42 Å². The zero-order chi connectivity index (χ0) is 11.4. The molecule has 0 saturated carbocycles. The van der Waals surface area contributed by atoms with Crippen LogP contribution in [0.2, 0.25) is 0 Å². The van der Waals surface area contributed by atoms with Crippen molar-refractivity contribution in [3.8, 4) is 29.2 Å². The van der Waals surface area contributed by atoms with Gasteiger partial charge in [0.15, 0.2) is 0 Å². The van der Waals surface area contributed by atoms with Gasteiger partial charge in [-0.1, -0.05) is 12.0 Å². The summed E-state index contributed by atoms with van der Waals surface area (Å²) in [5.74, 6) is 3.44. The van der Waals surface area contributed by atoms with E-state index in [2.05, 4.69) is 22.7 Å². The molecule has 0 aliphatic carbocycles. The first kappa shape index (κ1) is 10.8. The summed E-state index contributed by atoms with van der Waals surface area (Å²) in [4.78, 5) is 0. The van der Waals surface area contributed by atoms with Crippen LogP contribution in [-0.2, 0) is 0 Å². The molecule has 0 amide bonds. The van der Waals surface area contributed by atoms with Crippen LogP contribution in [0.3, 0.4) is 0 Å². The van der Waals surface area contributed by atoms with Gasteiger partial charge in [-0.05, 0) is 47.0 Å². The van der Waals surface area contributed by atoms with Crippen LogP contribution in [0.25, 0.3) is 11.1 Å². The molecular weight excluding hydrogens is 216 g/mol. The van der Waals surface area contributed by atoms with Crippen LogP contribution >= 0.6 is 11.3 Å². The van der Waals surface area contributed by atoms with Crippen molar-refractivity contribution in [1.29, 1.82) is 0 Å². The molecule has 0 bridgehead atoms. The van der Waals surface area contributed by atoms with E-state index in [1.165, 1.54) is 5.56 Å². The normalized spacial score (nSPS) is 9.75. The summed E-state index contributed by atoms with van der Waals surface area (Å²) in [5, 5.41) is 4.16. The summed E-state index contributed by atoms with van der Waals surface area (Å²) in [6, 6.07) is 8.05. The Balaban J connectivity index is 2.42. The van der Waals surface area contributed by atoms with E-state index in [9.17, 15) is 0 Å². The SMILES string of the molecule is C#Cc1cc(-c2ccsc2)ccc1OCC. The van der Waals surface area contributed by atoms with Gasteiger partial charge in [0.1, 0.15) is 5.75 Å². The van der Waals surface area contributed by atoms with Crippen molar-refractivity contribution in [2.45, 2.75) is 6.92 Å². The van der Waals surface area contributed by atoms with E-state index in [0.29, 0.717) is 6.61 Å². The maximum Gasteiger partial charge on any atom is 0.134 e. The molecule has 80 valence electrons. The van der Waals surface area contributed by atoms with Crippen LogP contribution in [-0.4, -0.2) is 6.61 Å². The van der Waals surface area contributed by atoms with Gasteiger partial charge in [0, 0.05) is 0 Å². The Labute approximate surface area is 99.7 Å². The maximum atomic E-state index is 5.48. The van der Waals surface area contributed by atoms with E-state index in [1.807, 2.05) is 25.1 Å². The third-order valence-electron chi connectivity index (χ3n) is 2.29. The van der Waals surface area contributed by atoms with Gasteiger partial charge in [-0.2, -0.15) is 11.3 Å². The van der Waals surface area contributed by atoms with Gasteiger partial charge in [-0.3, -0.25) is 0 Å². The molecule has 0 aliphatic heterocycles. The lowest BCUT2D eigenvalue weighted by molar-refractivity contribution is 0.339. The van der Waals surface area contributed by atoms with Crippen LogP contribution in [0.5, 0.6) is 5.75 Å². The van der Waals surface area contributed by atoms with Crippen molar-refractivity contribution in [3.63, 3.8) is 0 Å². The predicted molar refractivity (Wildman–Crippen MR) is 68.9 cm³/mol. The summed E-state index contributed by atoms with van der Waals surface area (Å²) >= 11 is 1.68. The number of rotatable bonds is 3. The standard InChI is InChI=1S/C14H12OS/c1-3-11-9-12(13-7-8-16-10-13)5-6-14(11)15-4-2/h1,5-10H,4H2,2H3. The van der Waals surface area contributed by atoms with E-state index in [-0.39, 0.29) is 0 Å². The second-order valence-corrected chi connectivity index (χ2v) is 4.08. The van der Waals surface area contributed by atoms with Crippen molar-refractivity contribution in [2.24, 2.45) is 0 Å². The molecule has 1 nitrogen and oxygen atoms in total. The highest BCUT2D eigenvalue weighted by Crippen LogP contribution is 2.27. The van der Waals surface area contributed by atoms with Gasteiger partial charge >= 0.3 is 0 Å². The predicted octanol–water partition coefficient (Wildman–Crippen LogP) is 3.80. The summed E-state index contributed by atoms with van der Waals surface area (Å²) < 4.78 is 5.46. The molecule has 0 spiro atoms. The number of thiophene rings is 1. The average molecular weight is 228 g/mol. The fourth-order valence-electron chi connectivity index (χ4n) is 1.53. The first-order valence-corrected chi connectivity index (χ1v) is 6.05. The third-order valence-corrected chi connectivity index (χ3v) is 2.97. The number of hydrogen-bond donors (Lipinski definition) is 0. The zero-order valence-corrected chi connectivity index (χ0v) is 9.88. The maximum absolute atomic E-state index is 5.48. The molecule has 0 fully saturated rings. The minimum Gasteiger partial charge on any atom is -0.493 e. The Bertz CT molecular complexity index is 506. The van der Waals surface area contributed by atoms with Gasteiger partial charge in [0.2, 0.25) is 0 Å². The highest BCUT2D eigenvalue weighted by Gasteiger charge is 2.04. The van der Waals surface area contributed by atoms with Crippen molar-refractivity contribution in [1.82, 2.24) is 0 Å². The van der Waals surface area contributed by atoms with Crippen LogP contribution < -0.4 is 4.74 Å². The molecule has 0 radical (unpaired) electrons. The molecular formula is C14H12OS. The summed E-state index contributed by atoms with van der Waals surface area (Å²) in [6.07, 6.45) is 5.48. The summed E-state index contributed by atoms with van der Waals surface area (Å²) in [6.45, 7) is 2.58. The molecule has 0 aliphatic rings. The molecule has 2 heteroatoms. The van der Waals surface area contributed by atoms with E-state index < -0.39 is 0 Å². The molecule has 0 atom stereocenters. The fraction of sp³-hybridized carbons (Fsp3) is 0.143. The highest BCUT2D eigenvalue weighted by molar-refractivity contribution is 7.08. The monoisotopic (exact) mass is 228 g/mol. The second-order valence-electron chi connectivity index (χ2n) is 3.30. The smallest absolute Gasteiger partial charge is 0.134 e. The minimum absolute atomic E-state index is 0.631. The Morgan fingerprint density at radius 1 is 1.31 bits per heavy atom.